The van der Waals surface area contributed by atoms with Gasteiger partial charge in [0, 0.05) is 12.3 Å². The number of fused-ring (bicyclic) bond motifs is 3. The lowest BCUT2D eigenvalue weighted by molar-refractivity contribution is -0.173. The standard InChI is InChI=1S/C22H36O3/c1-15(23)25-14-19(2)9-5-10-20(3)17(19)8-11-22-12-16(6-7-18(20)22)21(4,24)13-22/h16-18,24H,5-14H2,1-4H3/t16-,17-,18+,19+,20-,21-,22+/m1/s1. The van der Waals surface area contributed by atoms with E-state index in [1.807, 2.05) is 0 Å². The van der Waals surface area contributed by atoms with Crippen molar-refractivity contribution in [2.45, 2.75) is 91.1 Å². The number of carbonyl (C=O) groups excluding carboxylic acids is 1. The Balaban J connectivity index is 1.64. The zero-order chi connectivity index (χ0) is 18.1. The van der Waals surface area contributed by atoms with Crippen molar-refractivity contribution >= 4 is 5.97 Å². The van der Waals surface area contributed by atoms with Crippen LogP contribution in [0.2, 0.25) is 0 Å². The Labute approximate surface area is 152 Å². The van der Waals surface area contributed by atoms with Gasteiger partial charge in [0.1, 0.15) is 0 Å². The fourth-order valence-corrected chi connectivity index (χ4v) is 8.37. The molecular formula is C22H36O3. The van der Waals surface area contributed by atoms with E-state index in [1.54, 1.807) is 0 Å². The maximum absolute atomic E-state index is 11.4. The van der Waals surface area contributed by atoms with Crippen LogP contribution in [-0.2, 0) is 9.53 Å². The average molecular weight is 349 g/mol. The molecular weight excluding hydrogens is 312 g/mol. The molecule has 1 spiro atoms. The molecule has 25 heavy (non-hydrogen) atoms. The summed E-state index contributed by atoms with van der Waals surface area (Å²) in [6, 6.07) is 0. The normalized spacial score (nSPS) is 54.5. The third-order valence-corrected chi connectivity index (χ3v) is 9.22. The average Bonchev–Trinajstić information content (AvgIpc) is 2.70. The summed E-state index contributed by atoms with van der Waals surface area (Å²) >= 11 is 0. The molecule has 142 valence electrons. The number of carbonyl (C=O) groups is 1. The molecule has 0 aromatic heterocycles. The largest absolute Gasteiger partial charge is 0.465 e. The molecule has 4 fully saturated rings. The highest BCUT2D eigenvalue weighted by Gasteiger charge is 2.66. The molecule has 0 unspecified atom stereocenters. The first-order valence-corrected chi connectivity index (χ1v) is 10.5. The van der Waals surface area contributed by atoms with Gasteiger partial charge in [-0.25, -0.2) is 0 Å². The third kappa shape index (κ3) is 2.51. The first-order valence-electron chi connectivity index (χ1n) is 10.5. The molecule has 3 heteroatoms. The zero-order valence-corrected chi connectivity index (χ0v) is 16.6. The summed E-state index contributed by atoms with van der Waals surface area (Å²) in [5, 5.41) is 11.0. The highest BCUT2D eigenvalue weighted by atomic mass is 16.5. The van der Waals surface area contributed by atoms with Gasteiger partial charge < -0.3 is 9.84 Å². The molecule has 0 radical (unpaired) electrons. The molecule has 7 atom stereocenters. The number of hydrogen-bond donors (Lipinski definition) is 1. The summed E-state index contributed by atoms with van der Waals surface area (Å²) in [6.07, 6.45) is 11.0. The van der Waals surface area contributed by atoms with Gasteiger partial charge >= 0.3 is 5.97 Å². The van der Waals surface area contributed by atoms with E-state index >= 15 is 0 Å². The Bertz CT molecular complexity index is 570. The van der Waals surface area contributed by atoms with Crippen molar-refractivity contribution in [3.63, 3.8) is 0 Å². The van der Waals surface area contributed by atoms with E-state index in [2.05, 4.69) is 20.8 Å². The lowest BCUT2D eigenvalue weighted by Gasteiger charge is -2.64. The minimum Gasteiger partial charge on any atom is -0.465 e. The molecule has 0 amide bonds. The third-order valence-electron chi connectivity index (χ3n) is 9.22. The number of hydrogen-bond acceptors (Lipinski definition) is 3. The summed E-state index contributed by atoms with van der Waals surface area (Å²) in [5.41, 5.74) is 0.389. The maximum atomic E-state index is 11.4. The van der Waals surface area contributed by atoms with Crippen LogP contribution in [0.25, 0.3) is 0 Å². The predicted octanol–water partition coefficient (Wildman–Crippen LogP) is 4.71. The summed E-state index contributed by atoms with van der Waals surface area (Å²) in [7, 11) is 0. The number of aliphatic hydroxyl groups is 1. The summed E-state index contributed by atoms with van der Waals surface area (Å²) < 4.78 is 5.53. The minimum absolute atomic E-state index is 0.123. The lowest BCUT2D eigenvalue weighted by Crippen LogP contribution is -2.57. The number of esters is 1. The van der Waals surface area contributed by atoms with Gasteiger partial charge in [0.15, 0.2) is 0 Å². The van der Waals surface area contributed by atoms with Gasteiger partial charge in [-0.05, 0) is 86.9 Å². The van der Waals surface area contributed by atoms with Crippen LogP contribution >= 0.6 is 0 Å². The first kappa shape index (κ1) is 17.8. The van der Waals surface area contributed by atoms with Gasteiger partial charge in [-0.3, -0.25) is 4.79 Å². The molecule has 0 aromatic carbocycles. The first-order chi connectivity index (χ1) is 11.6. The molecule has 3 nitrogen and oxygen atoms in total. The van der Waals surface area contributed by atoms with Crippen molar-refractivity contribution < 1.29 is 14.6 Å². The van der Waals surface area contributed by atoms with Crippen LogP contribution in [0, 0.1) is 34.0 Å². The molecule has 0 heterocycles. The Hall–Kier alpha value is -0.570. The second-order valence-electron chi connectivity index (χ2n) is 10.8. The van der Waals surface area contributed by atoms with Crippen molar-refractivity contribution in [2.75, 3.05) is 6.61 Å². The van der Waals surface area contributed by atoms with Gasteiger partial charge in [-0.15, -0.1) is 0 Å². The molecule has 1 N–H and O–H groups in total. The predicted molar refractivity (Wildman–Crippen MR) is 97.9 cm³/mol. The Kier molecular flexibility index (Phi) is 3.90. The summed E-state index contributed by atoms with van der Waals surface area (Å²) in [4.78, 5) is 11.4. The number of rotatable bonds is 2. The second kappa shape index (κ2) is 5.47. The van der Waals surface area contributed by atoms with Crippen LogP contribution in [0.3, 0.4) is 0 Å². The molecule has 0 aromatic rings. The van der Waals surface area contributed by atoms with Gasteiger partial charge in [-0.1, -0.05) is 20.3 Å². The zero-order valence-electron chi connectivity index (χ0n) is 16.6. The highest BCUT2D eigenvalue weighted by molar-refractivity contribution is 5.65. The molecule has 0 saturated heterocycles. The Morgan fingerprint density at radius 1 is 1.08 bits per heavy atom. The minimum atomic E-state index is -0.451. The van der Waals surface area contributed by atoms with E-state index in [9.17, 15) is 9.90 Å². The van der Waals surface area contributed by atoms with Crippen LogP contribution in [-0.4, -0.2) is 23.3 Å². The van der Waals surface area contributed by atoms with E-state index in [1.165, 1.54) is 58.3 Å². The van der Waals surface area contributed by atoms with Gasteiger partial charge in [-0.2, -0.15) is 0 Å². The van der Waals surface area contributed by atoms with Crippen LogP contribution < -0.4 is 0 Å². The van der Waals surface area contributed by atoms with Crippen LogP contribution in [0.5, 0.6) is 0 Å². The molecule has 4 aliphatic rings. The van der Waals surface area contributed by atoms with Crippen molar-refractivity contribution in [2.24, 2.45) is 34.0 Å². The smallest absolute Gasteiger partial charge is 0.302 e. The van der Waals surface area contributed by atoms with Crippen LogP contribution in [0.15, 0.2) is 0 Å². The molecule has 4 rings (SSSR count). The van der Waals surface area contributed by atoms with E-state index < -0.39 is 5.60 Å². The van der Waals surface area contributed by atoms with Crippen molar-refractivity contribution in [3.8, 4) is 0 Å². The Morgan fingerprint density at radius 2 is 1.84 bits per heavy atom. The van der Waals surface area contributed by atoms with Gasteiger partial charge in [0.2, 0.25) is 0 Å². The fourth-order valence-electron chi connectivity index (χ4n) is 8.37. The highest BCUT2D eigenvalue weighted by Crippen LogP contribution is 2.72. The van der Waals surface area contributed by atoms with E-state index in [0.717, 1.165) is 12.3 Å². The maximum Gasteiger partial charge on any atom is 0.302 e. The second-order valence-corrected chi connectivity index (χ2v) is 10.8. The van der Waals surface area contributed by atoms with E-state index in [-0.39, 0.29) is 11.4 Å². The van der Waals surface area contributed by atoms with Crippen molar-refractivity contribution in [3.05, 3.63) is 0 Å². The molecule has 4 saturated carbocycles. The van der Waals surface area contributed by atoms with Crippen molar-refractivity contribution in [1.29, 1.82) is 0 Å². The fraction of sp³-hybridized carbons (Fsp3) is 0.955. The quantitative estimate of drug-likeness (QED) is 0.735. The van der Waals surface area contributed by atoms with Crippen LogP contribution in [0.1, 0.15) is 85.5 Å². The Morgan fingerprint density at radius 3 is 2.56 bits per heavy atom. The summed E-state index contributed by atoms with van der Waals surface area (Å²) in [6.45, 7) is 9.12. The summed E-state index contributed by atoms with van der Waals surface area (Å²) in [5.74, 6) is 1.75. The van der Waals surface area contributed by atoms with Gasteiger partial charge in [0.05, 0.1) is 12.2 Å². The van der Waals surface area contributed by atoms with E-state index in [4.69, 9.17) is 4.74 Å². The lowest BCUT2D eigenvalue weighted by atomic mass is 9.41. The molecule has 2 bridgehead atoms. The molecule has 0 aliphatic heterocycles. The van der Waals surface area contributed by atoms with Gasteiger partial charge in [0.25, 0.3) is 0 Å². The monoisotopic (exact) mass is 348 g/mol. The van der Waals surface area contributed by atoms with Crippen LogP contribution in [0.4, 0.5) is 0 Å². The van der Waals surface area contributed by atoms with Crippen molar-refractivity contribution in [1.82, 2.24) is 0 Å². The molecule has 4 aliphatic carbocycles. The van der Waals surface area contributed by atoms with E-state index in [0.29, 0.717) is 29.3 Å². The number of ether oxygens (including phenoxy) is 1. The SMILES string of the molecule is CC(=O)OC[C@]1(C)CCC[C@]2(C)[C@@H]1CC[C@@]13C[C@@H](CC[C@H]12)[C@](C)(O)C3. The topological polar surface area (TPSA) is 46.5 Å².